The first-order valence-corrected chi connectivity index (χ1v) is 11.3. The number of carbonyl (C=O) groups is 1. The molecule has 2 aromatic rings. The van der Waals surface area contributed by atoms with Crippen LogP contribution in [-0.4, -0.2) is 56.3 Å². The molecule has 6 nitrogen and oxygen atoms in total. The summed E-state index contributed by atoms with van der Waals surface area (Å²) in [6, 6.07) is 11.9. The smallest absolute Gasteiger partial charge is 0.260 e. The molecule has 1 saturated heterocycles. The first-order chi connectivity index (χ1) is 13.3. The number of aryl methyl sites for hydroxylation is 1. The lowest BCUT2D eigenvalue weighted by Gasteiger charge is -2.34. The topological polar surface area (TPSA) is 66.9 Å². The highest BCUT2D eigenvalue weighted by atomic mass is 79.9. The van der Waals surface area contributed by atoms with E-state index in [1.54, 1.807) is 47.4 Å². The van der Waals surface area contributed by atoms with Gasteiger partial charge in [-0.05, 0) is 58.7 Å². The number of nitrogens with zero attached hydrogens (tertiary/aromatic N) is 2. The van der Waals surface area contributed by atoms with Gasteiger partial charge < -0.3 is 9.64 Å². The third-order valence-corrected chi connectivity index (χ3v) is 7.68. The SMILES string of the molecule is Cc1cc(Cl)ccc1OCC(=O)N1CCN(S(=O)(=O)c2ccccc2Br)CC1. The van der Waals surface area contributed by atoms with E-state index in [1.165, 1.54) is 4.31 Å². The van der Waals surface area contributed by atoms with Crippen LogP contribution in [0.15, 0.2) is 51.8 Å². The zero-order valence-electron chi connectivity index (χ0n) is 15.3. The fourth-order valence-electron chi connectivity index (χ4n) is 2.98. The molecular weight excluding hydrogens is 468 g/mol. The second-order valence-electron chi connectivity index (χ2n) is 6.41. The molecule has 0 unspecified atom stereocenters. The minimum Gasteiger partial charge on any atom is -0.483 e. The van der Waals surface area contributed by atoms with Crippen molar-refractivity contribution in [1.82, 2.24) is 9.21 Å². The normalized spacial score (nSPS) is 15.5. The largest absolute Gasteiger partial charge is 0.483 e. The van der Waals surface area contributed by atoms with Crippen LogP contribution in [0.25, 0.3) is 0 Å². The zero-order valence-corrected chi connectivity index (χ0v) is 18.4. The molecule has 0 atom stereocenters. The summed E-state index contributed by atoms with van der Waals surface area (Å²) >= 11 is 9.21. The van der Waals surface area contributed by atoms with Gasteiger partial charge in [0.15, 0.2) is 6.61 Å². The van der Waals surface area contributed by atoms with E-state index >= 15 is 0 Å². The quantitative estimate of drug-likeness (QED) is 0.649. The molecule has 0 bridgehead atoms. The van der Waals surface area contributed by atoms with E-state index in [2.05, 4.69) is 15.9 Å². The predicted molar refractivity (Wildman–Crippen MR) is 111 cm³/mol. The summed E-state index contributed by atoms with van der Waals surface area (Å²) in [5, 5.41) is 0.610. The number of ether oxygens (including phenoxy) is 1. The first kappa shape index (κ1) is 21.1. The lowest BCUT2D eigenvalue weighted by atomic mass is 10.2. The van der Waals surface area contributed by atoms with Crippen molar-refractivity contribution >= 4 is 43.5 Å². The van der Waals surface area contributed by atoms with Crippen LogP contribution < -0.4 is 4.74 Å². The summed E-state index contributed by atoms with van der Waals surface area (Å²) in [4.78, 5) is 14.3. The highest BCUT2D eigenvalue weighted by molar-refractivity contribution is 9.10. The molecule has 9 heteroatoms. The zero-order chi connectivity index (χ0) is 20.3. The van der Waals surface area contributed by atoms with Gasteiger partial charge in [-0.1, -0.05) is 23.7 Å². The minimum absolute atomic E-state index is 0.0978. The Labute approximate surface area is 178 Å². The van der Waals surface area contributed by atoms with Crippen molar-refractivity contribution in [1.29, 1.82) is 0 Å². The molecule has 28 heavy (non-hydrogen) atoms. The van der Waals surface area contributed by atoms with Gasteiger partial charge in [0.2, 0.25) is 10.0 Å². The molecule has 0 aliphatic carbocycles. The van der Waals surface area contributed by atoms with Crippen LogP contribution in [0.5, 0.6) is 5.75 Å². The third-order valence-electron chi connectivity index (χ3n) is 4.53. The number of piperazine rings is 1. The number of benzene rings is 2. The Morgan fingerprint density at radius 2 is 1.82 bits per heavy atom. The van der Waals surface area contributed by atoms with E-state index in [9.17, 15) is 13.2 Å². The van der Waals surface area contributed by atoms with Gasteiger partial charge in [0.25, 0.3) is 5.91 Å². The number of halogens is 2. The van der Waals surface area contributed by atoms with Crippen molar-refractivity contribution in [2.75, 3.05) is 32.8 Å². The Balaban J connectivity index is 1.57. The monoisotopic (exact) mass is 486 g/mol. The van der Waals surface area contributed by atoms with Crippen molar-refractivity contribution < 1.29 is 17.9 Å². The maximum Gasteiger partial charge on any atom is 0.260 e. The van der Waals surface area contributed by atoms with E-state index in [0.29, 0.717) is 28.3 Å². The molecule has 0 N–H and O–H groups in total. The van der Waals surface area contributed by atoms with Gasteiger partial charge in [-0.2, -0.15) is 4.31 Å². The van der Waals surface area contributed by atoms with Crippen LogP contribution in [0, 0.1) is 6.92 Å². The predicted octanol–water partition coefficient (Wildman–Crippen LogP) is 3.32. The number of amides is 1. The molecule has 150 valence electrons. The molecule has 1 aliphatic heterocycles. The minimum atomic E-state index is -3.60. The molecule has 1 fully saturated rings. The summed E-state index contributed by atoms with van der Waals surface area (Å²) in [5.74, 6) is 0.431. The average molecular weight is 488 g/mol. The van der Waals surface area contributed by atoms with Gasteiger partial charge in [-0.3, -0.25) is 4.79 Å². The van der Waals surface area contributed by atoms with Gasteiger partial charge in [0, 0.05) is 35.7 Å². The summed E-state index contributed by atoms with van der Waals surface area (Å²) in [6.45, 7) is 2.90. The molecule has 0 aromatic heterocycles. The molecule has 0 spiro atoms. The van der Waals surface area contributed by atoms with Gasteiger partial charge in [0.05, 0.1) is 4.90 Å². The third kappa shape index (κ3) is 4.68. The van der Waals surface area contributed by atoms with E-state index in [-0.39, 0.29) is 30.5 Å². The summed E-state index contributed by atoms with van der Waals surface area (Å²) in [7, 11) is -3.60. The highest BCUT2D eigenvalue weighted by Gasteiger charge is 2.31. The lowest BCUT2D eigenvalue weighted by molar-refractivity contribution is -0.134. The van der Waals surface area contributed by atoms with Crippen LogP contribution in [0.2, 0.25) is 5.02 Å². The van der Waals surface area contributed by atoms with Gasteiger partial charge in [-0.25, -0.2) is 8.42 Å². The van der Waals surface area contributed by atoms with Crippen LogP contribution in [0.1, 0.15) is 5.56 Å². The van der Waals surface area contributed by atoms with Crippen LogP contribution in [0.3, 0.4) is 0 Å². The Morgan fingerprint density at radius 1 is 1.14 bits per heavy atom. The maximum atomic E-state index is 12.8. The standard InChI is InChI=1S/C19H20BrClN2O4S/c1-14-12-15(21)6-7-17(14)27-13-19(24)22-8-10-23(11-9-22)28(25,26)18-5-3-2-4-16(18)20/h2-7,12H,8-11,13H2,1H3. The molecule has 3 rings (SSSR count). The highest BCUT2D eigenvalue weighted by Crippen LogP contribution is 2.25. The van der Waals surface area contributed by atoms with Crippen LogP contribution in [0.4, 0.5) is 0 Å². The fraction of sp³-hybridized carbons (Fsp3) is 0.316. The van der Waals surface area contributed by atoms with E-state index < -0.39 is 10.0 Å². The Morgan fingerprint density at radius 3 is 2.46 bits per heavy atom. The van der Waals surface area contributed by atoms with Gasteiger partial charge >= 0.3 is 0 Å². The number of rotatable bonds is 5. The van der Waals surface area contributed by atoms with E-state index in [0.717, 1.165) is 5.56 Å². The Bertz CT molecular complexity index is 976. The van der Waals surface area contributed by atoms with Crippen molar-refractivity contribution in [2.24, 2.45) is 0 Å². The summed E-state index contributed by atoms with van der Waals surface area (Å²) in [6.07, 6.45) is 0. The molecular formula is C19H20BrClN2O4S. The molecule has 0 saturated carbocycles. The van der Waals surface area contributed by atoms with Crippen LogP contribution >= 0.6 is 27.5 Å². The van der Waals surface area contributed by atoms with Gasteiger partial charge in [-0.15, -0.1) is 0 Å². The van der Waals surface area contributed by atoms with Crippen molar-refractivity contribution in [2.45, 2.75) is 11.8 Å². The number of carbonyl (C=O) groups excluding carboxylic acids is 1. The Hall–Kier alpha value is -1.61. The van der Waals surface area contributed by atoms with Gasteiger partial charge in [0.1, 0.15) is 5.75 Å². The van der Waals surface area contributed by atoms with E-state index in [4.69, 9.17) is 16.3 Å². The molecule has 1 aliphatic rings. The van der Waals surface area contributed by atoms with Crippen molar-refractivity contribution in [3.63, 3.8) is 0 Å². The summed E-state index contributed by atoms with van der Waals surface area (Å²) < 4.78 is 33.2. The second-order valence-corrected chi connectivity index (χ2v) is 9.61. The molecule has 1 heterocycles. The molecule has 1 amide bonds. The summed E-state index contributed by atoms with van der Waals surface area (Å²) in [5.41, 5.74) is 0.852. The number of hydrogen-bond donors (Lipinski definition) is 0. The molecule has 2 aromatic carbocycles. The number of hydrogen-bond acceptors (Lipinski definition) is 4. The fourth-order valence-corrected chi connectivity index (χ4v) is 5.59. The first-order valence-electron chi connectivity index (χ1n) is 8.70. The number of sulfonamides is 1. The van der Waals surface area contributed by atoms with Crippen molar-refractivity contribution in [3.05, 3.63) is 57.5 Å². The lowest BCUT2D eigenvalue weighted by Crippen LogP contribution is -2.51. The molecule has 0 radical (unpaired) electrons. The average Bonchev–Trinajstić information content (AvgIpc) is 2.67. The Kier molecular flexibility index (Phi) is 6.65. The van der Waals surface area contributed by atoms with E-state index in [1.807, 2.05) is 6.92 Å². The second kappa shape index (κ2) is 8.82. The van der Waals surface area contributed by atoms with Crippen molar-refractivity contribution in [3.8, 4) is 5.75 Å². The maximum absolute atomic E-state index is 12.8. The van der Waals surface area contributed by atoms with Crippen LogP contribution in [-0.2, 0) is 14.8 Å².